The van der Waals surface area contributed by atoms with Gasteiger partial charge in [0.05, 0.1) is 21.7 Å². The van der Waals surface area contributed by atoms with Gasteiger partial charge in [-0.2, -0.15) is 4.39 Å². The van der Waals surface area contributed by atoms with Gasteiger partial charge < -0.3 is 5.11 Å². The number of aromatic hydroxyl groups is 1. The van der Waals surface area contributed by atoms with Crippen LogP contribution >= 0.6 is 0 Å². The Morgan fingerprint density at radius 3 is 1.87 bits per heavy atom. The van der Waals surface area contributed by atoms with Crippen LogP contribution in [0.3, 0.4) is 0 Å². The number of anilines is 1. The average Bonchev–Trinajstić information content (AvgIpc) is 2.94. The highest BCUT2D eigenvalue weighted by molar-refractivity contribution is 6.34. The van der Waals surface area contributed by atoms with Gasteiger partial charge in [-0.3, -0.25) is 19.7 Å². The van der Waals surface area contributed by atoms with E-state index in [-0.39, 0.29) is 22.4 Å². The fraction of sp³-hybridized carbons (Fsp3) is 0. The maximum absolute atomic E-state index is 13.9. The van der Waals surface area contributed by atoms with E-state index in [1.165, 1.54) is 24.3 Å². The highest BCUT2D eigenvalue weighted by Crippen LogP contribution is 2.34. The first-order valence-electron chi connectivity index (χ1n) is 8.34. The van der Waals surface area contributed by atoms with Crippen molar-refractivity contribution in [1.82, 2.24) is 0 Å². The van der Waals surface area contributed by atoms with Crippen molar-refractivity contribution in [3.8, 4) is 16.9 Å². The van der Waals surface area contributed by atoms with Crippen LogP contribution in [-0.4, -0.2) is 21.8 Å². The second-order valence-corrected chi connectivity index (χ2v) is 6.39. The molecule has 1 aliphatic heterocycles. The lowest BCUT2D eigenvalue weighted by Crippen LogP contribution is -2.29. The predicted molar refractivity (Wildman–Crippen MR) is 97.7 cm³/mol. The molecule has 1 heterocycles. The fourth-order valence-electron chi connectivity index (χ4n) is 3.16. The van der Waals surface area contributed by atoms with E-state index in [1.54, 1.807) is 0 Å². The van der Waals surface area contributed by atoms with Crippen LogP contribution in [0.25, 0.3) is 11.1 Å². The largest absolute Gasteiger partial charge is 0.503 e. The van der Waals surface area contributed by atoms with Crippen LogP contribution in [0.5, 0.6) is 5.75 Å². The highest BCUT2D eigenvalue weighted by Gasteiger charge is 2.39. The molecule has 1 aliphatic rings. The SMILES string of the molecule is O=C1c2cc(F)c([N+](=O)[O-])cc2C(=O)N1c1ccc(-c2cc(F)c(O)c(F)c2)cc1. The number of rotatable bonds is 3. The molecule has 2 amide bonds. The zero-order valence-corrected chi connectivity index (χ0v) is 14.7. The summed E-state index contributed by atoms with van der Waals surface area (Å²) in [4.78, 5) is 35.8. The summed E-state index contributed by atoms with van der Waals surface area (Å²) in [6.07, 6.45) is 0. The monoisotopic (exact) mass is 414 g/mol. The zero-order chi connectivity index (χ0) is 21.7. The van der Waals surface area contributed by atoms with Crippen molar-refractivity contribution in [2.24, 2.45) is 0 Å². The number of phenolic OH excluding ortho intramolecular Hbond substituents is 1. The molecular weight excluding hydrogens is 405 g/mol. The molecule has 0 saturated heterocycles. The quantitative estimate of drug-likeness (QED) is 0.394. The van der Waals surface area contributed by atoms with E-state index in [0.29, 0.717) is 17.7 Å². The number of amides is 2. The standard InChI is InChI=1S/C20H9F3N2O5/c21-14-7-12-13(8-17(14)25(29)30)20(28)24(19(12)27)11-3-1-9(2-4-11)10-5-15(22)18(26)16(23)6-10/h1-8,26H. The predicted octanol–water partition coefficient (Wildman–Crippen LogP) is 4.19. The van der Waals surface area contributed by atoms with Gasteiger partial charge in [-0.05, 0) is 41.5 Å². The molecule has 4 rings (SSSR count). The van der Waals surface area contributed by atoms with Crippen LogP contribution in [0.2, 0.25) is 0 Å². The second-order valence-electron chi connectivity index (χ2n) is 6.39. The number of carbonyl (C=O) groups excluding carboxylic acids is 2. The van der Waals surface area contributed by atoms with Crippen LogP contribution in [0.1, 0.15) is 20.7 Å². The van der Waals surface area contributed by atoms with E-state index in [0.717, 1.165) is 17.0 Å². The summed E-state index contributed by atoms with van der Waals surface area (Å²) >= 11 is 0. The van der Waals surface area contributed by atoms with Crippen LogP contribution in [0.15, 0.2) is 48.5 Å². The van der Waals surface area contributed by atoms with E-state index in [4.69, 9.17) is 0 Å². The average molecular weight is 414 g/mol. The molecular formula is C20H9F3N2O5. The second kappa shape index (κ2) is 6.69. The number of fused-ring (bicyclic) bond motifs is 1. The van der Waals surface area contributed by atoms with Crippen LogP contribution < -0.4 is 4.90 Å². The number of nitro benzene ring substituents is 1. The summed E-state index contributed by atoms with van der Waals surface area (Å²) in [6, 6.07) is 8.59. The van der Waals surface area contributed by atoms with Gasteiger partial charge in [-0.1, -0.05) is 12.1 Å². The van der Waals surface area contributed by atoms with Crippen LogP contribution in [0, 0.1) is 27.6 Å². The van der Waals surface area contributed by atoms with Crippen LogP contribution in [0.4, 0.5) is 24.5 Å². The number of nitrogens with zero attached hydrogens (tertiary/aromatic N) is 2. The molecule has 0 unspecified atom stereocenters. The Bertz CT molecular complexity index is 1240. The van der Waals surface area contributed by atoms with Crippen LogP contribution in [-0.2, 0) is 0 Å². The Kier molecular flexibility index (Phi) is 4.27. The Morgan fingerprint density at radius 2 is 1.33 bits per heavy atom. The topological polar surface area (TPSA) is 101 Å². The summed E-state index contributed by atoms with van der Waals surface area (Å²) in [5.41, 5.74) is -1.03. The van der Waals surface area contributed by atoms with E-state index < -0.39 is 45.6 Å². The van der Waals surface area contributed by atoms with Crippen molar-refractivity contribution < 1.29 is 32.8 Å². The lowest BCUT2D eigenvalue weighted by atomic mass is 10.0. The van der Waals surface area contributed by atoms with E-state index in [2.05, 4.69) is 0 Å². The summed E-state index contributed by atoms with van der Waals surface area (Å²) in [5, 5.41) is 20.1. The molecule has 7 nitrogen and oxygen atoms in total. The molecule has 0 radical (unpaired) electrons. The minimum atomic E-state index is -1.24. The smallest absolute Gasteiger partial charge is 0.305 e. The molecule has 150 valence electrons. The van der Waals surface area contributed by atoms with Gasteiger partial charge in [-0.25, -0.2) is 13.7 Å². The molecule has 3 aromatic rings. The molecule has 0 atom stereocenters. The third-order valence-corrected chi connectivity index (χ3v) is 4.63. The maximum atomic E-state index is 13.9. The zero-order valence-electron chi connectivity index (χ0n) is 14.7. The Hall–Kier alpha value is -4.21. The van der Waals surface area contributed by atoms with Gasteiger partial charge in [0.15, 0.2) is 17.4 Å². The molecule has 1 N–H and O–H groups in total. The Balaban J connectivity index is 1.71. The van der Waals surface area contributed by atoms with Crippen molar-refractivity contribution in [1.29, 1.82) is 0 Å². The van der Waals surface area contributed by atoms with Gasteiger partial charge >= 0.3 is 5.69 Å². The molecule has 0 bridgehead atoms. The van der Waals surface area contributed by atoms with Gasteiger partial charge in [0.2, 0.25) is 5.82 Å². The fourth-order valence-corrected chi connectivity index (χ4v) is 3.16. The first-order chi connectivity index (χ1) is 14.2. The number of benzene rings is 3. The molecule has 0 aliphatic carbocycles. The molecule has 0 saturated carbocycles. The normalized spacial score (nSPS) is 13.0. The summed E-state index contributed by atoms with van der Waals surface area (Å²) in [6.45, 7) is 0. The number of imide groups is 1. The van der Waals surface area contributed by atoms with Crippen molar-refractivity contribution in [2.75, 3.05) is 4.90 Å². The van der Waals surface area contributed by atoms with E-state index in [1.807, 2.05) is 0 Å². The van der Waals surface area contributed by atoms with Crippen molar-refractivity contribution in [3.63, 3.8) is 0 Å². The number of hydrogen-bond acceptors (Lipinski definition) is 5. The minimum Gasteiger partial charge on any atom is -0.503 e. The number of carbonyl (C=O) groups is 2. The van der Waals surface area contributed by atoms with Crippen molar-refractivity contribution in [2.45, 2.75) is 0 Å². The summed E-state index contributed by atoms with van der Waals surface area (Å²) in [7, 11) is 0. The number of phenols is 1. The maximum Gasteiger partial charge on any atom is 0.305 e. The molecule has 30 heavy (non-hydrogen) atoms. The van der Waals surface area contributed by atoms with Gasteiger partial charge in [0.1, 0.15) is 0 Å². The Labute approximate surface area is 165 Å². The summed E-state index contributed by atoms with van der Waals surface area (Å²) in [5.74, 6) is -6.39. The first-order valence-corrected chi connectivity index (χ1v) is 8.34. The van der Waals surface area contributed by atoms with E-state index in [9.17, 15) is 38.0 Å². The third kappa shape index (κ3) is 2.85. The lowest BCUT2D eigenvalue weighted by Gasteiger charge is -2.14. The molecule has 0 spiro atoms. The van der Waals surface area contributed by atoms with E-state index >= 15 is 0 Å². The minimum absolute atomic E-state index is 0.0766. The number of nitro groups is 1. The molecule has 10 heteroatoms. The van der Waals surface area contributed by atoms with Gasteiger partial charge in [0, 0.05) is 6.07 Å². The van der Waals surface area contributed by atoms with Crippen molar-refractivity contribution >= 4 is 23.2 Å². The lowest BCUT2D eigenvalue weighted by molar-refractivity contribution is -0.387. The van der Waals surface area contributed by atoms with Gasteiger partial charge in [0.25, 0.3) is 11.8 Å². The molecule has 0 fully saturated rings. The first kappa shape index (κ1) is 19.1. The summed E-state index contributed by atoms with van der Waals surface area (Å²) < 4.78 is 41.0. The van der Waals surface area contributed by atoms with Gasteiger partial charge in [-0.15, -0.1) is 0 Å². The number of hydrogen-bond donors (Lipinski definition) is 1. The number of halogens is 3. The molecule has 0 aromatic heterocycles. The molecule has 3 aromatic carbocycles. The highest BCUT2D eigenvalue weighted by atomic mass is 19.1. The third-order valence-electron chi connectivity index (χ3n) is 4.63. The Morgan fingerprint density at radius 1 is 0.800 bits per heavy atom. The van der Waals surface area contributed by atoms with Crippen molar-refractivity contribution in [3.05, 3.63) is 87.2 Å².